The fourth-order valence-corrected chi connectivity index (χ4v) is 3.15. The second-order valence-corrected chi connectivity index (χ2v) is 5.38. The topological polar surface area (TPSA) is 101 Å². The molecule has 0 radical (unpaired) electrons. The molecule has 98 valence electrons. The molecule has 7 heteroatoms. The van der Waals surface area contributed by atoms with E-state index in [1.807, 2.05) is 0 Å². The minimum absolute atomic E-state index is 0.0431. The van der Waals surface area contributed by atoms with Gasteiger partial charge in [0.15, 0.2) is 10.9 Å². The zero-order valence-corrected chi connectivity index (χ0v) is 10.8. The molecule has 2 aromatic rings. The monoisotopic (exact) mass is 276 g/mol. The first-order chi connectivity index (χ1) is 9.15. The summed E-state index contributed by atoms with van der Waals surface area (Å²) >= 11 is 1.57. The first-order valence-electron chi connectivity index (χ1n) is 5.88. The highest BCUT2D eigenvalue weighted by Gasteiger charge is 2.18. The first-order valence-corrected chi connectivity index (χ1v) is 6.70. The molecule has 1 aliphatic rings. The molecule has 0 atom stereocenters. The van der Waals surface area contributed by atoms with Crippen LogP contribution in [0.4, 0.5) is 16.6 Å². The highest BCUT2D eigenvalue weighted by molar-refractivity contribution is 7.15. The normalized spacial score (nSPS) is 13.3. The van der Waals surface area contributed by atoms with E-state index in [2.05, 4.69) is 15.3 Å². The molecule has 0 saturated carbocycles. The van der Waals surface area contributed by atoms with Crippen molar-refractivity contribution in [2.75, 3.05) is 11.1 Å². The third kappa shape index (κ3) is 2.12. The van der Waals surface area contributed by atoms with Crippen molar-refractivity contribution in [2.24, 2.45) is 0 Å². The van der Waals surface area contributed by atoms with Crippen molar-refractivity contribution in [3.05, 3.63) is 28.4 Å². The molecule has 3 rings (SSSR count). The third-order valence-electron chi connectivity index (χ3n) is 3.04. The molecule has 0 amide bonds. The van der Waals surface area contributed by atoms with Crippen LogP contribution in [-0.4, -0.2) is 21.0 Å². The van der Waals surface area contributed by atoms with E-state index in [-0.39, 0.29) is 11.3 Å². The van der Waals surface area contributed by atoms with Gasteiger partial charge in [0.2, 0.25) is 0 Å². The Balaban J connectivity index is 1.90. The Hall–Kier alpha value is -2.15. The van der Waals surface area contributed by atoms with Crippen LogP contribution in [0.15, 0.2) is 12.3 Å². The van der Waals surface area contributed by atoms with E-state index in [1.165, 1.54) is 17.1 Å². The molecule has 0 fully saturated rings. The fraction of sp³-hybridized carbons (Fsp3) is 0.250. The number of pyridine rings is 1. The molecule has 0 spiro atoms. The molecule has 0 bridgehead atoms. The standard InChI is InChI=1S/C12H12N4O2S/c13-9-6(11(17)18)4-5-14-10(9)16-12-15-7-2-1-3-8(7)19-12/h4-5H,1-3,13H2,(H,17,18)(H,14,15,16). The highest BCUT2D eigenvalue weighted by Crippen LogP contribution is 2.33. The minimum Gasteiger partial charge on any atom is -0.478 e. The molecular weight excluding hydrogens is 264 g/mol. The van der Waals surface area contributed by atoms with Gasteiger partial charge in [0.25, 0.3) is 0 Å². The lowest BCUT2D eigenvalue weighted by atomic mass is 10.2. The summed E-state index contributed by atoms with van der Waals surface area (Å²) in [6.07, 6.45) is 4.64. The van der Waals surface area contributed by atoms with Crippen molar-refractivity contribution in [3.63, 3.8) is 0 Å². The summed E-state index contributed by atoms with van der Waals surface area (Å²) in [5, 5.41) is 12.7. The lowest BCUT2D eigenvalue weighted by molar-refractivity contribution is 0.0698. The van der Waals surface area contributed by atoms with Gasteiger partial charge >= 0.3 is 5.97 Å². The molecular formula is C12H12N4O2S. The predicted octanol–water partition coefficient (Wildman–Crippen LogP) is 2.05. The summed E-state index contributed by atoms with van der Waals surface area (Å²) in [6, 6.07) is 1.38. The van der Waals surface area contributed by atoms with E-state index < -0.39 is 5.97 Å². The van der Waals surface area contributed by atoms with E-state index >= 15 is 0 Å². The number of nitrogens with zero attached hydrogens (tertiary/aromatic N) is 2. The number of hydrogen-bond acceptors (Lipinski definition) is 6. The molecule has 2 aromatic heterocycles. The van der Waals surface area contributed by atoms with Gasteiger partial charge in [-0.1, -0.05) is 0 Å². The summed E-state index contributed by atoms with van der Waals surface area (Å²) in [5.41, 5.74) is 7.09. The number of aromatic nitrogens is 2. The quantitative estimate of drug-likeness (QED) is 0.793. The number of carboxylic acids is 1. The summed E-state index contributed by atoms with van der Waals surface area (Å²) in [5.74, 6) is -0.725. The number of aromatic carboxylic acids is 1. The van der Waals surface area contributed by atoms with Crippen LogP contribution in [0.1, 0.15) is 27.3 Å². The minimum atomic E-state index is -1.07. The van der Waals surface area contributed by atoms with Crippen LogP contribution in [-0.2, 0) is 12.8 Å². The molecule has 6 nitrogen and oxygen atoms in total. The van der Waals surface area contributed by atoms with E-state index in [0.29, 0.717) is 10.9 Å². The van der Waals surface area contributed by atoms with Gasteiger partial charge in [0.1, 0.15) is 0 Å². The van der Waals surface area contributed by atoms with Crippen molar-refractivity contribution < 1.29 is 9.90 Å². The Morgan fingerprint density at radius 1 is 1.47 bits per heavy atom. The fourth-order valence-electron chi connectivity index (χ4n) is 2.10. The van der Waals surface area contributed by atoms with Gasteiger partial charge in [-0.15, -0.1) is 11.3 Å². The largest absolute Gasteiger partial charge is 0.478 e. The maximum atomic E-state index is 11.0. The molecule has 0 saturated heterocycles. The number of nitrogens with one attached hydrogen (secondary N) is 1. The van der Waals surface area contributed by atoms with Crippen molar-refractivity contribution in [3.8, 4) is 0 Å². The zero-order chi connectivity index (χ0) is 13.4. The number of thiazole rings is 1. The Morgan fingerprint density at radius 3 is 3.05 bits per heavy atom. The predicted molar refractivity (Wildman–Crippen MR) is 73.0 cm³/mol. The third-order valence-corrected chi connectivity index (χ3v) is 4.11. The van der Waals surface area contributed by atoms with Gasteiger partial charge in [-0.25, -0.2) is 14.8 Å². The zero-order valence-electron chi connectivity index (χ0n) is 10.0. The number of nitrogen functional groups attached to an aromatic ring is 1. The first kappa shape index (κ1) is 11.9. The van der Waals surface area contributed by atoms with Gasteiger partial charge in [0, 0.05) is 11.1 Å². The van der Waals surface area contributed by atoms with Gasteiger partial charge in [-0.05, 0) is 25.3 Å². The number of fused-ring (bicyclic) bond motifs is 1. The van der Waals surface area contributed by atoms with Gasteiger partial charge < -0.3 is 16.2 Å². The molecule has 1 aliphatic carbocycles. The van der Waals surface area contributed by atoms with E-state index in [0.717, 1.165) is 25.0 Å². The van der Waals surface area contributed by atoms with Crippen molar-refractivity contribution in [2.45, 2.75) is 19.3 Å². The van der Waals surface area contributed by atoms with E-state index in [4.69, 9.17) is 10.8 Å². The number of nitrogens with two attached hydrogens (primary N) is 1. The Morgan fingerprint density at radius 2 is 2.32 bits per heavy atom. The van der Waals surface area contributed by atoms with Crippen LogP contribution in [0.5, 0.6) is 0 Å². The number of hydrogen-bond donors (Lipinski definition) is 3. The van der Waals surface area contributed by atoms with Crippen molar-refractivity contribution >= 4 is 33.9 Å². The van der Waals surface area contributed by atoms with Crippen LogP contribution in [0, 0.1) is 0 Å². The molecule has 2 heterocycles. The Bertz CT molecular complexity index is 632. The summed E-state index contributed by atoms with van der Waals surface area (Å²) < 4.78 is 0. The van der Waals surface area contributed by atoms with Gasteiger partial charge in [0.05, 0.1) is 16.9 Å². The molecule has 0 unspecified atom stereocenters. The molecule has 0 aromatic carbocycles. The highest BCUT2D eigenvalue weighted by atomic mass is 32.1. The summed E-state index contributed by atoms with van der Waals surface area (Å²) in [4.78, 5) is 20.8. The average molecular weight is 276 g/mol. The number of carboxylic acid groups (broad SMARTS) is 1. The van der Waals surface area contributed by atoms with Crippen LogP contribution in [0.2, 0.25) is 0 Å². The van der Waals surface area contributed by atoms with E-state index in [9.17, 15) is 4.79 Å². The Kier molecular flexibility index (Phi) is 2.83. The van der Waals surface area contributed by atoms with Gasteiger partial charge in [-0.2, -0.15) is 0 Å². The second kappa shape index (κ2) is 4.51. The molecule has 0 aliphatic heterocycles. The maximum absolute atomic E-state index is 11.0. The van der Waals surface area contributed by atoms with Crippen LogP contribution >= 0.6 is 11.3 Å². The number of rotatable bonds is 3. The lowest BCUT2D eigenvalue weighted by Gasteiger charge is -2.07. The number of aryl methyl sites for hydroxylation is 2. The van der Waals surface area contributed by atoms with Crippen LogP contribution in [0.3, 0.4) is 0 Å². The van der Waals surface area contributed by atoms with Crippen molar-refractivity contribution in [1.29, 1.82) is 0 Å². The smallest absolute Gasteiger partial charge is 0.337 e. The van der Waals surface area contributed by atoms with Crippen LogP contribution < -0.4 is 11.1 Å². The van der Waals surface area contributed by atoms with Crippen LogP contribution in [0.25, 0.3) is 0 Å². The SMILES string of the molecule is Nc1c(C(=O)O)ccnc1Nc1nc2c(s1)CCC2. The molecule has 19 heavy (non-hydrogen) atoms. The Labute approximate surface area is 113 Å². The second-order valence-electron chi connectivity index (χ2n) is 4.29. The maximum Gasteiger partial charge on any atom is 0.337 e. The number of anilines is 3. The number of carbonyl (C=O) groups is 1. The van der Waals surface area contributed by atoms with Gasteiger partial charge in [-0.3, -0.25) is 0 Å². The summed E-state index contributed by atoms with van der Waals surface area (Å²) in [7, 11) is 0. The lowest BCUT2D eigenvalue weighted by Crippen LogP contribution is -2.06. The van der Waals surface area contributed by atoms with Crippen molar-refractivity contribution in [1.82, 2.24) is 9.97 Å². The van der Waals surface area contributed by atoms with E-state index in [1.54, 1.807) is 11.3 Å². The molecule has 4 N–H and O–H groups in total. The average Bonchev–Trinajstić information content (AvgIpc) is 2.92. The summed E-state index contributed by atoms with van der Waals surface area (Å²) in [6.45, 7) is 0.